The Labute approximate surface area is 135 Å². The van der Waals surface area contributed by atoms with Crippen molar-refractivity contribution in [3.8, 4) is 11.5 Å². The summed E-state index contributed by atoms with van der Waals surface area (Å²) in [6.07, 6.45) is 4.62. The van der Waals surface area contributed by atoms with Crippen LogP contribution in [-0.4, -0.2) is 30.3 Å². The van der Waals surface area contributed by atoms with Crippen LogP contribution in [0.4, 0.5) is 0 Å². The Bertz CT molecular complexity index is 672. The van der Waals surface area contributed by atoms with Crippen LogP contribution in [0.15, 0.2) is 47.8 Å². The van der Waals surface area contributed by atoms with E-state index in [9.17, 15) is 4.79 Å². The number of benzene rings is 1. The summed E-state index contributed by atoms with van der Waals surface area (Å²) in [5.41, 5.74) is 3.66. The first-order valence-electron chi connectivity index (χ1n) is 7.37. The number of carbonyl (C=O) groups excluding carboxylic acids is 1. The molecule has 0 aliphatic rings. The smallest absolute Gasteiger partial charge is 0.272 e. The minimum Gasteiger partial charge on any atom is -0.494 e. The third-order valence-corrected chi connectivity index (χ3v) is 2.89. The lowest BCUT2D eigenvalue weighted by atomic mass is 10.2. The van der Waals surface area contributed by atoms with Crippen LogP contribution >= 0.6 is 0 Å². The molecule has 1 N–H and O–H groups in total. The summed E-state index contributed by atoms with van der Waals surface area (Å²) in [6, 6.07) is 8.82. The number of carbonyl (C=O) groups is 1. The number of aromatic nitrogens is 1. The van der Waals surface area contributed by atoms with Crippen LogP contribution in [0.25, 0.3) is 0 Å². The Morgan fingerprint density at radius 3 is 2.78 bits per heavy atom. The van der Waals surface area contributed by atoms with E-state index in [2.05, 4.69) is 15.5 Å². The predicted octanol–water partition coefficient (Wildman–Crippen LogP) is 2.64. The number of hydrogen-bond donors (Lipinski definition) is 1. The summed E-state index contributed by atoms with van der Waals surface area (Å²) in [5, 5.41) is 3.96. The van der Waals surface area contributed by atoms with Crippen LogP contribution in [-0.2, 0) is 0 Å². The van der Waals surface area contributed by atoms with Crippen LogP contribution in [0.1, 0.15) is 29.8 Å². The van der Waals surface area contributed by atoms with Gasteiger partial charge in [-0.3, -0.25) is 9.78 Å². The highest BCUT2D eigenvalue weighted by atomic mass is 16.5. The van der Waals surface area contributed by atoms with Crippen molar-refractivity contribution in [1.29, 1.82) is 0 Å². The van der Waals surface area contributed by atoms with Gasteiger partial charge in [-0.2, -0.15) is 5.10 Å². The number of nitrogens with one attached hydrogen (secondary N) is 1. The van der Waals surface area contributed by atoms with Crippen molar-refractivity contribution in [2.75, 3.05) is 13.2 Å². The molecule has 0 radical (unpaired) electrons. The number of hydrazone groups is 1. The van der Waals surface area contributed by atoms with Crippen LogP contribution < -0.4 is 14.9 Å². The molecule has 0 atom stereocenters. The molecule has 0 aliphatic heterocycles. The molecular weight excluding hydrogens is 294 g/mol. The van der Waals surface area contributed by atoms with Gasteiger partial charge in [0.15, 0.2) is 0 Å². The lowest BCUT2D eigenvalue weighted by Crippen LogP contribution is -2.17. The minimum atomic E-state index is -0.321. The number of ether oxygens (including phenoxy) is 2. The van der Waals surface area contributed by atoms with Gasteiger partial charge in [0.1, 0.15) is 11.5 Å². The van der Waals surface area contributed by atoms with E-state index in [1.165, 1.54) is 12.4 Å². The molecule has 0 fully saturated rings. The Balaban J connectivity index is 2.07. The summed E-state index contributed by atoms with van der Waals surface area (Å²) in [4.78, 5) is 15.8. The van der Waals surface area contributed by atoms with Crippen LogP contribution in [0.3, 0.4) is 0 Å². The molecule has 0 saturated heterocycles. The Morgan fingerprint density at radius 1 is 1.26 bits per heavy atom. The number of amides is 1. The third-order valence-electron chi connectivity index (χ3n) is 2.89. The molecule has 2 rings (SSSR count). The van der Waals surface area contributed by atoms with Crippen molar-refractivity contribution < 1.29 is 14.3 Å². The number of pyridine rings is 1. The topological polar surface area (TPSA) is 72.8 Å². The first-order valence-corrected chi connectivity index (χ1v) is 7.37. The van der Waals surface area contributed by atoms with Gasteiger partial charge in [0.2, 0.25) is 0 Å². The lowest BCUT2D eigenvalue weighted by molar-refractivity contribution is 0.0954. The largest absolute Gasteiger partial charge is 0.494 e. The standard InChI is InChI=1S/C17H19N3O3/c1-3-22-15-8-7-13(16(10-15)23-4-2)12-19-20-17(21)14-6-5-9-18-11-14/h5-12H,3-4H2,1-2H3,(H,20,21)/b19-12+. The second-order valence-corrected chi connectivity index (χ2v) is 4.51. The van der Waals surface area contributed by atoms with E-state index in [-0.39, 0.29) is 5.91 Å². The van der Waals surface area contributed by atoms with Crippen LogP contribution in [0.5, 0.6) is 11.5 Å². The molecule has 0 unspecified atom stereocenters. The predicted molar refractivity (Wildman–Crippen MR) is 88.1 cm³/mol. The minimum absolute atomic E-state index is 0.321. The number of nitrogens with zero attached hydrogens (tertiary/aromatic N) is 2. The highest BCUT2D eigenvalue weighted by Crippen LogP contribution is 2.23. The van der Waals surface area contributed by atoms with Gasteiger partial charge in [-0.1, -0.05) is 0 Å². The van der Waals surface area contributed by atoms with Gasteiger partial charge in [-0.15, -0.1) is 0 Å². The van der Waals surface area contributed by atoms with Crippen molar-refractivity contribution in [3.05, 3.63) is 53.9 Å². The summed E-state index contributed by atoms with van der Waals surface area (Å²) in [5.74, 6) is 1.06. The lowest BCUT2D eigenvalue weighted by Gasteiger charge is -2.10. The second-order valence-electron chi connectivity index (χ2n) is 4.51. The van der Waals surface area contributed by atoms with Gasteiger partial charge in [-0.25, -0.2) is 5.43 Å². The Hall–Kier alpha value is -2.89. The maximum Gasteiger partial charge on any atom is 0.272 e. The summed E-state index contributed by atoms with van der Waals surface area (Å²) < 4.78 is 11.0. The Morgan fingerprint density at radius 2 is 2.09 bits per heavy atom. The molecule has 1 aromatic carbocycles. The Kier molecular flexibility index (Phi) is 6.11. The van der Waals surface area contributed by atoms with Crippen molar-refractivity contribution in [2.24, 2.45) is 5.10 Å². The van der Waals surface area contributed by atoms with Crippen molar-refractivity contribution in [2.45, 2.75) is 13.8 Å². The molecule has 6 nitrogen and oxygen atoms in total. The molecule has 2 aromatic rings. The molecule has 1 heterocycles. The summed E-state index contributed by atoms with van der Waals surface area (Å²) in [7, 11) is 0. The molecule has 0 saturated carbocycles. The first kappa shape index (κ1) is 16.5. The fourth-order valence-electron chi connectivity index (χ4n) is 1.88. The SMILES string of the molecule is CCOc1ccc(/C=N/NC(=O)c2cccnc2)c(OCC)c1. The molecule has 1 aromatic heterocycles. The van der Waals surface area contributed by atoms with Crippen LogP contribution in [0, 0.1) is 0 Å². The van der Waals surface area contributed by atoms with Crippen LogP contribution in [0.2, 0.25) is 0 Å². The highest BCUT2D eigenvalue weighted by molar-refractivity contribution is 5.94. The molecule has 0 aliphatic carbocycles. The van der Waals surface area contributed by atoms with E-state index in [4.69, 9.17) is 9.47 Å². The molecule has 0 bridgehead atoms. The average Bonchev–Trinajstić information content (AvgIpc) is 2.58. The molecular formula is C17H19N3O3. The van der Waals surface area contributed by atoms with E-state index < -0.39 is 0 Å². The van der Waals surface area contributed by atoms with Gasteiger partial charge in [0.05, 0.1) is 25.0 Å². The van der Waals surface area contributed by atoms with Crippen molar-refractivity contribution in [1.82, 2.24) is 10.4 Å². The number of rotatable bonds is 7. The summed E-state index contributed by atoms with van der Waals surface area (Å²) in [6.45, 7) is 4.93. The van der Waals surface area contributed by atoms with E-state index in [0.29, 0.717) is 24.5 Å². The molecule has 0 spiro atoms. The molecule has 1 amide bonds. The zero-order valence-electron chi connectivity index (χ0n) is 13.2. The fraction of sp³-hybridized carbons (Fsp3) is 0.235. The maximum atomic E-state index is 11.9. The van der Waals surface area contributed by atoms with E-state index in [1.807, 2.05) is 26.0 Å². The van der Waals surface area contributed by atoms with Crippen molar-refractivity contribution >= 4 is 12.1 Å². The molecule has 23 heavy (non-hydrogen) atoms. The number of hydrogen-bond acceptors (Lipinski definition) is 5. The average molecular weight is 313 g/mol. The fourth-order valence-corrected chi connectivity index (χ4v) is 1.88. The van der Waals surface area contributed by atoms with E-state index in [0.717, 1.165) is 11.3 Å². The zero-order chi connectivity index (χ0) is 16.5. The molecule has 6 heteroatoms. The van der Waals surface area contributed by atoms with Gasteiger partial charge in [0, 0.05) is 24.0 Å². The first-order chi connectivity index (χ1) is 11.2. The monoisotopic (exact) mass is 313 g/mol. The third kappa shape index (κ3) is 4.81. The second kappa shape index (κ2) is 8.53. The van der Waals surface area contributed by atoms with Gasteiger partial charge in [-0.05, 0) is 38.1 Å². The zero-order valence-corrected chi connectivity index (χ0v) is 13.2. The van der Waals surface area contributed by atoms with Gasteiger partial charge < -0.3 is 9.47 Å². The maximum absolute atomic E-state index is 11.9. The van der Waals surface area contributed by atoms with Crippen molar-refractivity contribution in [3.63, 3.8) is 0 Å². The van der Waals surface area contributed by atoms with Gasteiger partial charge >= 0.3 is 0 Å². The van der Waals surface area contributed by atoms with E-state index in [1.54, 1.807) is 24.4 Å². The quantitative estimate of drug-likeness (QED) is 0.630. The van der Waals surface area contributed by atoms with Gasteiger partial charge in [0.25, 0.3) is 5.91 Å². The summed E-state index contributed by atoms with van der Waals surface area (Å²) >= 11 is 0. The normalized spacial score (nSPS) is 10.5. The highest BCUT2D eigenvalue weighted by Gasteiger charge is 2.05. The molecule has 120 valence electrons. The van der Waals surface area contributed by atoms with E-state index >= 15 is 0 Å².